The molecule has 10 heteroatoms. The number of nitrogens with zero attached hydrogens (tertiary/aromatic N) is 3. The maximum Gasteiger partial charge on any atom is 0.338 e. The third-order valence-electron chi connectivity index (χ3n) is 5.09. The molecule has 35 heavy (non-hydrogen) atoms. The number of nitrogen functional groups attached to an aromatic ring is 1. The highest BCUT2D eigenvalue weighted by molar-refractivity contribution is 5.98. The third kappa shape index (κ3) is 6.03. The number of carbonyl (C=O) groups is 2. The van der Waals surface area contributed by atoms with Crippen LogP contribution >= 0.6 is 0 Å². The van der Waals surface area contributed by atoms with Crippen LogP contribution in [0.15, 0.2) is 64.2 Å². The molecule has 1 aromatic heterocycles. The molecule has 10 nitrogen and oxygen atoms in total. The predicted molar refractivity (Wildman–Crippen MR) is 130 cm³/mol. The molecule has 0 aliphatic rings. The van der Waals surface area contributed by atoms with Crippen molar-refractivity contribution < 1.29 is 14.3 Å². The van der Waals surface area contributed by atoms with Crippen LogP contribution in [0.25, 0.3) is 0 Å². The Hall–Kier alpha value is -4.65. The molecule has 0 saturated heterocycles. The summed E-state index contributed by atoms with van der Waals surface area (Å²) in [6.45, 7) is 3.22. The maximum absolute atomic E-state index is 13.1. The SMILES string of the molecule is CC(C)CN(C(=O)COC(=O)c1ccc(C#N)cc1)c1c(N)n(Cc2ccccc2)c(=O)[nH]c1=O. The number of hydrogen-bond donors (Lipinski definition) is 2. The minimum absolute atomic E-state index is 0.0681. The Morgan fingerprint density at radius 1 is 1.11 bits per heavy atom. The number of aromatic nitrogens is 2. The van der Waals surface area contributed by atoms with Gasteiger partial charge in [-0.2, -0.15) is 5.26 Å². The van der Waals surface area contributed by atoms with Gasteiger partial charge in [0, 0.05) is 6.54 Å². The molecule has 3 rings (SSSR count). The standard InChI is InChI=1S/C25H25N5O5/c1-16(2)13-29(20(31)15-35-24(33)19-10-8-17(12-26)9-11-19)21-22(27)30(25(34)28-23(21)32)14-18-6-4-3-5-7-18/h3-11,16H,13-15,27H2,1-2H3,(H,28,32,34). The Bertz CT molecular complexity index is 1370. The molecule has 0 aliphatic carbocycles. The molecule has 0 bridgehead atoms. The van der Waals surface area contributed by atoms with Crippen molar-refractivity contribution in [3.05, 3.63) is 92.1 Å². The summed E-state index contributed by atoms with van der Waals surface area (Å²) in [5.41, 5.74) is 5.85. The van der Waals surface area contributed by atoms with Gasteiger partial charge in [0.05, 0.1) is 23.7 Å². The van der Waals surface area contributed by atoms with Gasteiger partial charge in [-0.15, -0.1) is 0 Å². The van der Waals surface area contributed by atoms with Gasteiger partial charge in [0.2, 0.25) is 0 Å². The summed E-state index contributed by atoms with van der Waals surface area (Å²) in [5, 5.41) is 8.87. The van der Waals surface area contributed by atoms with Crippen molar-refractivity contribution in [1.82, 2.24) is 9.55 Å². The Morgan fingerprint density at radius 2 is 1.77 bits per heavy atom. The molecule has 0 saturated carbocycles. The highest BCUT2D eigenvalue weighted by Gasteiger charge is 2.26. The van der Waals surface area contributed by atoms with Crippen molar-refractivity contribution in [2.24, 2.45) is 5.92 Å². The second-order valence-electron chi connectivity index (χ2n) is 8.23. The number of ether oxygens (including phenoxy) is 1. The minimum atomic E-state index is -0.816. The topological polar surface area (TPSA) is 151 Å². The van der Waals surface area contributed by atoms with E-state index >= 15 is 0 Å². The number of nitriles is 1. The zero-order valence-electron chi connectivity index (χ0n) is 19.4. The molecule has 180 valence electrons. The van der Waals surface area contributed by atoms with Crippen molar-refractivity contribution in [1.29, 1.82) is 5.26 Å². The number of carbonyl (C=O) groups excluding carboxylic acids is 2. The quantitative estimate of drug-likeness (QED) is 0.472. The van der Waals surface area contributed by atoms with E-state index in [0.717, 1.165) is 10.5 Å². The molecule has 0 radical (unpaired) electrons. The Kier molecular flexibility index (Phi) is 7.84. The van der Waals surface area contributed by atoms with Crippen LogP contribution < -0.4 is 21.9 Å². The van der Waals surface area contributed by atoms with Crippen molar-refractivity contribution >= 4 is 23.4 Å². The molecule has 1 amide bonds. The van der Waals surface area contributed by atoms with Crippen molar-refractivity contribution in [2.45, 2.75) is 20.4 Å². The van der Waals surface area contributed by atoms with Crippen molar-refractivity contribution in [3.63, 3.8) is 0 Å². The van der Waals surface area contributed by atoms with Gasteiger partial charge in [0.15, 0.2) is 12.3 Å². The Labute approximate surface area is 201 Å². The molecule has 0 fully saturated rings. The summed E-state index contributed by atoms with van der Waals surface area (Å²) >= 11 is 0. The van der Waals surface area contributed by atoms with Crippen molar-refractivity contribution in [2.75, 3.05) is 23.8 Å². The van der Waals surface area contributed by atoms with Crippen LogP contribution in [-0.2, 0) is 16.1 Å². The van der Waals surface area contributed by atoms with E-state index in [1.54, 1.807) is 24.3 Å². The smallest absolute Gasteiger partial charge is 0.338 e. The number of amides is 1. The van der Waals surface area contributed by atoms with E-state index in [1.165, 1.54) is 28.8 Å². The molecule has 0 unspecified atom stereocenters. The second-order valence-corrected chi connectivity index (χ2v) is 8.23. The lowest BCUT2D eigenvalue weighted by Gasteiger charge is -2.26. The van der Waals surface area contributed by atoms with Crippen molar-refractivity contribution in [3.8, 4) is 6.07 Å². The lowest BCUT2D eigenvalue weighted by molar-refractivity contribution is -0.121. The molecule has 0 spiro atoms. The van der Waals surface area contributed by atoms with Gasteiger partial charge in [0.25, 0.3) is 11.5 Å². The summed E-state index contributed by atoms with van der Waals surface area (Å²) in [5.74, 6) is -1.68. The summed E-state index contributed by atoms with van der Waals surface area (Å²) < 4.78 is 6.32. The molecule has 2 aromatic carbocycles. The largest absolute Gasteiger partial charge is 0.452 e. The van der Waals surface area contributed by atoms with Gasteiger partial charge >= 0.3 is 11.7 Å². The van der Waals surface area contributed by atoms with Crippen LogP contribution in [0, 0.1) is 17.2 Å². The van der Waals surface area contributed by atoms with E-state index in [-0.39, 0.29) is 36.1 Å². The van der Waals surface area contributed by atoms with Crippen LogP contribution in [0.4, 0.5) is 11.5 Å². The van der Waals surface area contributed by atoms with E-state index in [0.29, 0.717) is 5.56 Å². The van der Waals surface area contributed by atoms with E-state index in [1.807, 2.05) is 26.0 Å². The normalized spacial score (nSPS) is 10.6. The van der Waals surface area contributed by atoms with Gasteiger partial charge in [-0.1, -0.05) is 44.2 Å². The summed E-state index contributed by atoms with van der Waals surface area (Å²) in [6, 6.07) is 16.7. The highest BCUT2D eigenvalue weighted by atomic mass is 16.5. The molecule has 1 heterocycles. The first-order chi connectivity index (χ1) is 16.7. The first kappa shape index (κ1) is 25.0. The molecule has 0 atom stereocenters. The predicted octanol–water partition coefficient (Wildman–Crippen LogP) is 1.88. The first-order valence-electron chi connectivity index (χ1n) is 10.9. The second kappa shape index (κ2) is 11.0. The average molecular weight is 476 g/mol. The Morgan fingerprint density at radius 3 is 2.37 bits per heavy atom. The summed E-state index contributed by atoms with van der Waals surface area (Å²) in [4.78, 5) is 54.0. The van der Waals surface area contributed by atoms with E-state index in [9.17, 15) is 19.2 Å². The fraction of sp³-hybridized carbons (Fsp3) is 0.240. The summed E-state index contributed by atoms with van der Waals surface area (Å²) in [7, 11) is 0. The number of aromatic amines is 1. The van der Waals surface area contributed by atoms with E-state index in [4.69, 9.17) is 15.7 Å². The molecular weight excluding hydrogens is 450 g/mol. The number of H-pyrrole nitrogens is 1. The summed E-state index contributed by atoms with van der Waals surface area (Å²) in [6.07, 6.45) is 0. The number of benzene rings is 2. The van der Waals surface area contributed by atoms with Gasteiger partial charge in [-0.3, -0.25) is 19.1 Å². The lowest BCUT2D eigenvalue weighted by Crippen LogP contribution is -2.44. The van der Waals surface area contributed by atoms with Crippen LogP contribution in [0.5, 0.6) is 0 Å². The van der Waals surface area contributed by atoms with Gasteiger partial charge in [-0.05, 0) is 35.7 Å². The number of rotatable bonds is 8. The lowest BCUT2D eigenvalue weighted by atomic mass is 10.1. The van der Waals surface area contributed by atoms with Crippen LogP contribution in [0.2, 0.25) is 0 Å². The number of esters is 1. The zero-order valence-corrected chi connectivity index (χ0v) is 19.4. The highest BCUT2D eigenvalue weighted by Crippen LogP contribution is 2.20. The fourth-order valence-electron chi connectivity index (χ4n) is 3.41. The number of anilines is 2. The van der Waals surface area contributed by atoms with Crippen LogP contribution in [-0.4, -0.2) is 34.6 Å². The zero-order chi connectivity index (χ0) is 25.5. The van der Waals surface area contributed by atoms with Gasteiger partial charge in [-0.25, -0.2) is 9.59 Å². The fourth-order valence-corrected chi connectivity index (χ4v) is 3.41. The molecule has 3 N–H and O–H groups in total. The molecular formula is C25H25N5O5. The van der Waals surface area contributed by atoms with Gasteiger partial charge < -0.3 is 15.4 Å². The minimum Gasteiger partial charge on any atom is -0.452 e. The van der Waals surface area contributed by atoms with E-state index < -0.39 is 29.7 Å². The Balaban J connectivity index is 1.89. The van der Waals surface area contributed by atoms with Gasteiger partial charge in [0.1, 0.15) is 5.82 Å². The average Bonchev–Trinajstić information content (AvgIpc) is 2.84. The number of hydrogen-bond acceptors (Lipinski definition) is 7. The van der Waals surface area contributed by atoms with Crippen LogP contribution in [0.1, 0.15) is 35.3 Å². The maximum atomic E-state index is 13.1. The molecule has 3 aromatic rings. The third-order valence-corrected chi connectivity index (χ3v) is 5.09. The number of nitrogens with two attached hydrogens (primary N) is 1. The number of nitrogens with one attached hydrogen (secondary N) is 1. The van der Waals surface area contributed by atoms with Crippen LogP contribution in [0.3, 0.4) is 0 Å². The first-order valence-corrected chi connectivity index (χ1v) is 10.9. The van der Waals surface area contributed by atoms with E-state index in [2.05, 4.69) is 4.98 Å². The monoisotopic (exact) mass is 475 g/mol. The molecule has 0 aliphatic heterocycles.